The highest BCUT2D eigenvalue weighted by atomic mass is 16.6. The van der Waals surface area contributed by atoms with Crippen molar-refractivity contribution in [3.63, 3.8) is 0 Å². The van der Waals surface area contributed by atoms with E-state index in [1.54, 1.807) is 17.8 Å². The van der Waals surface area contributed by atoms with E-state index in [0.717, 1.165) is 63.1 Å². The monoisotopic (exact) mass is 649 g/mol. The molecule has 1 saturated heterocycles. The van der Waals surface area contributed by atoms with Gasteiger partial charge in [-0.05, 0) is 101 Å². The maximum atomic E-state index is 12.6. The van der Waals surface area contributed by atoms with Crippen molar-refractivity contribution in [2.75, 3.05) is 31.1 Å². The second-order valence-electron chi connectivity index (χ2n) is 13.8. The Labute approximate surface area is 283 Å². The molecule has 0 saturated carbocycles. The molecule has 0 bridgehead atoms. The molecule has 2 aromatic heterocycles. The second-order valence-corrected chi connectivity index (χ2v) is 13.8. The van der Waals surface area contributed by atoms with Crippen molar-refractivity contribution in [1.29, 1.82) is 0 Å². The molecule has 252 valence electrons. The number of pyridine rings is 1. The number of carbonyl (C=O) groups excluding carboxylic acids is 2. The van der Waals surface area contributed by atoms with Crippen LogP contribution in [0.2, 0.25) is 0 Å². The number of carbonyl (C=O) groups is 2. The first-order valence-corrected chi connectivity index (χ1v) is 17.2. The van der Waals surface area contributed by atoms with Gasteiger partial charge in [0.05, 0.1) is 24.2 Å². The molecule has 0 radical (unpaired) electrons. The van der Waals surface area contributed by atoms with Crippen LogP contribution in [0.1, 0.15) is 91.7 Å². The fraction of sp³-hybridized carbons (Fsp3) is 0.436. The molecule has 48 heavy (non-hydrogen) atoms. The largest absolute Gasteiger partial charge is 0.462 e. The Kier molecular flexibility index (Phi) is 9.58. The first kappa shape index (κ1) is 33.2. The number of fused-ring (bicyclic) bond motifs is 1. The van der Waals surface area contributed by atoms with Crippen molar-refractivity contribution < 1.29 is 19.1 Å². The van der Waals surface area contributed by atoms with E-state index < -0.39 is 5.60 Å². The molecule has 4 heterocycles. The quantitative estimate of drug-likeness (QED) is 0.181. The van der Waals surface area contributed by atoms with E-state index in [4.69, 9.17) is 14.5 Å². The van der Waals surface area contributed by atoms with Crippen molar-refractivity contribution in [3.05, 3.63) is 94.3 Å². The molecule has 0 atom stereocenters. The molecule has 0 N–H and O–H groups in total. The summed E-state index contributed by atoms with van der Waals surface area (Å²) in [5.41, 5.74) is 9.26. The number of hydrogen-bond acceptors (Lipinski definition) is 7. The van der Waals surface area contributed by atoms with E-state index in [2.05, 4.69) is 53.3 Å². The van der Waals surface area contributed by atoms with Crippen LogP contribution in [-0.2, 0) is 28.9 Å². The number of anilines is 1. The predicted molar refractivity (Wildman–Crippen MR) is 188 cm³/mol. The summed E-state index contributed by atoms with van der Waals surface area (Å²) in [7, 11) is 0. The number of amides is 1. The number of likely N-dealkylation sites (tertiary alicyclic amines) is 1. The number of esters is 1. The van der Waals surface area contributed by atoms with Crippen molar-refractivity contribution in [3.8, 4) is 17.1 Å². The van der Waals surface area contributed by atoms with Crippen LogP contribution < -0.4 is 4.90 Å². The van der Waals surface area contributed by atoms with Gasteiger partial charge in [0.2, 0.25) is 0 Å². The molecular formula is C39H47N5O4. The van der Waals surface area contributed by atoms with Crippen LogP contribution in [-0.4, -0.2) is 63.6 Å². The third kappa shape index (κ3) is 6.96. The predicted octanol–water partition coefficient (Wildman–Crippen LogP) is 7.66. The van der Waals surface area contributed by atoms with Crippen LogP contribution in [0.3, 0.4) is 0 Å². The number of nitrogens with zero attached hydrogens (tertiary/aromatic N) is 5. The molecular weight excluding hydrogens is 602 g/mol. The Balaban J connectivity index is 1.20. The fourth-order valence-corrected chi connectivity index (χ4v) is 7.02. The zero-order valence-corrected chi connectivity index (χ0v) is 29.1. The number of benzene rings is 2. The Bertz CT molecular complexity index is 1800. The van der Waals surface area contributed by atoms with Gasteiger partial charge in [0.15, 0.2) is 5.82 Å². The summed E-state index contributed by atoms with van der Waals surface area (Å²) < 4.78 is 12.5. The highest BCUT2D eigenvalue weighted by Gasteiger charge is 2.29. The molecule has 2 aromatic carbocycles. The standard InChI is InChI=1S/C39H47N5O4/c1-7-28-23-27(15-16-31(28)29-17-20-42(21-18-29)38(46)48-39(4,5)6)25-43-22-19-30-11-9-12-32(36(30)43)34-13-10-14-35(41-34)44-26(3)33(24-40-44)37(45)47-8-2/h9-16,23-24,29H,7-8,17-22,25H2,1-6H3. The summed E-state index contributed by atoms with van der Waals surface area (Å²) in [4.78, 5) is 34.4. The first-order valence-electron chi connectivity index (χ1n) is 17.2. The highest BCUT2D eigenvalue weighted by molar-refractivity contribution is 5.90. The van der Waals surface area contributed by atoms with Gasteiger partial charge in [-0.3, -0.25) is 0 Å². The Morgan fingerprint density at radius 1 is 0.979 bits per heavy atom. The van der Waals surface area contributed by atoms with Crippen LogP contribution in [0.4, 0.5) is 10.5 Å². The van der Waals surface area contributed by atoms with Crippen LogP contribution in [0, 0.1) is 6.92 Å². The van der Waals surface area contributed by atoms with Gasteiger partial charge in [-0.15, -0.1) is 0 Å². The lowest BCUT2D eigenvalue weighted by Gasteiger charge is -2.34. The van der Waals surface area contributed by atoms with Gasteiger partial charge in [0, 0.05) is 37.4 Å². The average molecular weight is 650 g/mol. The van der Waals surface area contributed by atoms with E-state index in [9.17, 15) is 9.59 Å². The van der Waals surface area contributed by atoms with Gasteiger partial charge < -0.3 is 19.3 Å². The smallest absolute Gasteiger partial charge is 0.410 e. The third-order valence-electron chi connectivity index (χ3n) is 9.37. The minimum absolute atomic E-state index is 0.209. The zero-order chi connectivity index (χ0) is 34.0. The first-order chi connectivity index (χ1) is 23.1. The van der Waals surface area contributed by atoms with E-state index in [1.807, 2.05) is 50.8 Å². The van der Waals surface area contributed by atoms with E-state index in [-0.39, 0.29) is 12.1 Å². The molecule has 9 nitrogen and oxygen atoms in total. The van der Waals surface area contributed by atoms with Crippen LogP contribution in [0.5, 0.6) is 0 Å². The van der Waals surface area contributed by atoms with Gasteiger partial charge in [-0.1, -0.05) is 49.4 Å². The van der Waals surface area contributed by atoms with E-state index >= 15 is 0 Å². The van der Waals surface area contributed by atoms with E-state index in [0.29, 0.717) is 29.6 Å². The number of aromatic nitrogens is 3. The number of aryl methyl sites for hydroxylation is 1. The lowest BCUT2D eigenvalue weighted by atomic mass is 9.85. The highest BCUT2D eigenvalue weighted by Crippen LogP contribution is 2.39. The molecule has 6 rings (SSSR count). The van der Waals surface area contributed by atoms with Crippen molar-refractivity contribution in [2.24, 2.45) is 0 Å². The molecule has 1 fully saturated rings. The summed E-state index contributed by atoms with van der Waals surface area (Å²) in [5, 5.41) is 4.47. The number of ether oxygens (including phenoxy) is 2. The Hall–Kier alpha value is -4.66. The van der Waals surface area contributed by atoms with Crippen molar-refractivity contribution >= 4 is 17.7 Å². The maximum absolute atomic E-state index is 12.6. The molecule has 0 unspecified atom stereocenters. The van der Waals surface area contributed by atoms with Gasteiger partial charge in [-0.2, -0.15) is 5.10 Å². The summed E-state index contributed by atoms with van der Waals surface area (Å²) >= 11 is 0. The average Bonchev–Trinajstić information content (AvgIpc) is 3.67. The lowest BCUT2D eigenvalue weighted by Crippen LogP contribution is -2.41. The second kappa shape index (κ2) is 13.8. The fourth-order valence-electron chi connectivity index (χ4n) is 7.02. The molecule has 9 heteroatoms. The van der Waals surface area contributed by atoms with Gasteiger partial charge in [-0.25, -0.2) is 19.3 Å². The molecule has 0 spiro atoms. The number of hydrogen-bond donors (Lipinski definition) is 0. The summed E-state index contributed by atoms with van der Waals surface area (Å²) in [5.74, 6) is 0.719. The van der Waals surface area contributed by atoms with Gasteiger partial charge in [0.1, 0.15) is 11.2 Å². The lowest BCUT2D eigenvalue weighted by molar-refractivity contribution is 0.0204. The van der Waals surface area contributed by atoms with Gasteiger partial charge in [0.25, 0.3) is 0 Å². The summed E-state index contributed by atoms with van der Waals surface area (Å²) in [6.07, 6.45) is 5.19. The van der Waals surface area contributed by atoms with Crippen LogP contribution in [0.15, 0.2) is 60.8 Å². The topological polar surface area (TPSA) is 89.8 Å². The molecule has 2 aliphatic rings. The minimum atomic E-state index is -0.479. The normalized spacial score (nSPS) is 15.0. The van der Waals surface area contributed by atoms with Crippen molar-refractivity contribution in [1.82, 2.24) is 19.7 Å². The number of para-hydroxylation sites is 1. The third-order valence-corrected chi connectivity index (χ3v) is 9.37. The van der Waals surface area contributed by atoms with E-state index in [1.165, 1.54) is 27.9 Å². The van der Waals surface area contributed by atoms with Crippen LogP contribution in [0.25, 0.3) is 17.1 Å². The molecule has 0 aliphatic carbocycles. The Morgan fingerprint density at radius 3 is 2.48 bits per heavy atom. The SMILES string of the molecule is CCOC(=O)c1cnn(-c2cccc(-c3cccc4c3N(Cc3ccc(C5CCN(C(=O)OC(C)(C)C)CC5)c(CC)c3)CC4)n2)c1C. The molecule has 4 aromatic rings. The molecule has 1 amide bonds. The Morgan fingerprint density at radius 2 is 1.75 bits per heavy atom. The zero-order valence-electron chi connectivity index (χ0n) is 29.1. The van der Waals surface area contributed by atoms with Crippen LogP contribution >= 0.6 is 0 Å². The number of rotatable bonds is 8. The van der Waals surface area contributed by atoms with Crippen molar-refractivity contribution in [2.45, 2.75) is 85.3 Å². The number of piperidine rings is 1. The maximum Gasteiger partial charge on any atom is 0.410 e. The van der Waals surface area contributed by atoms with Gasteiger partial charge >= 0.3 is 12.1 Å². The minimum Gasteiger partial charge on any atom is -0.462 e. The summed E-state index contributed by atoms with van der Waals surface area (Å²) in [6, 6.07) is 19.4. The molecule has 2 aliphatic heterocycles. The summed E-state index contributed by atoms with van der Waals surface area (Å²) in [6.45, 7) is 15.1.